The summed E-state index contributed by atoms with van der Waals surface area (Å²) in [7, 11) is 0. The Bertz CT molecular complexity index is 349. The molecule has 0 radical (unpaired) electrons. The summed E-state index contributed by atoms with van der Waals surface area (Å²) in [6.45, 7) is 8.24. The number of nitrogens with two attached hydrogens (primary N) is 1. The van der Waals surface area contributed by atoms with E-state index in [1.807, 2.05) is 19.1 Å². The van der Waals surface area contributed by atoms with E-state index in [0.29, 0.717) is 0 Å². The maximum atomic E-state index is 10.1. The van der Waals surface area contributed by atoms with Crippen molar-refractivity contribution < 1.29 is 5.11 Å². The molecule has 0 saturated carbocycles. The second kappa shape index (κ2) is 5.46. The van der Waals surface area contributed by atoms with E-state index in [4.69, 9.17) is 5.73 Å². The Morgan fingerprint density at radius 1 is 1.31 bits per heavy atom. The van der Waals surface area contributed by atoms with Crippen molar-refractivity contribution in [3.05, 3.63) is 34.9 Å². The fourth-order valence-corrected chi connectivity index (χ4v) is 1.91. The van der Waals surface area contributed by atoms with Gasteiger partial charge in [-0.3, -0.25) is 0 Å². The molecule has 0 heterocycles. The second-order valence-corrected chi connectivity index (χ2v) is 4.69. The molecule has 0 spiro atoms. The van der Waals surface area contributed by atoms with Gasteiger partial charge in [0, 0.05) is 0 Å². The fraction of sp³-hybridized carbons (Fsp3) is 0.571. The minimum Gasteiger partial charge on any atom is -0.391 e. The van der Waals surface area contributed by atoms with E-state index in [2.05, 4.69) is 26.8 Å². The van der Waals surface area contributed by atoms with Crippen LogP contribution in [0.1, 0.15) is 43.0 Å². The first kappa shape index (κ1) is 13.2. The van der Waals surface area contributed by atoms with Gasteiger partial charge in [-0.05, 0) is 36.5 Å². The van der Waals surface area contributed by atoms with Crippen LogP contribution in [0.5, 0.6) is 0 Å². The predicted octanol–water partition coefficient (Wildman–Crippen LogP) is 2.71. The fourth-order valence-electron chi connectivity index (χ4n) is 1.91. The van der Waals surface area contributed by atoms with E-state index in [1.165, 1.54) is 11.1 Å². The van der Waals surface area contributed by atoms with Gasteiger partial charge < -0.3 is 10.8 Å². The summed E-state index contributed by atoms with van der Waals surface area (Å²) in [5, 5.41) is 10.1. The Morgan fingerprint density at radius 2 is 1.94 bits per heavy atom. The zero-order valence-electron chi connectivity index (χ0n) is 10.7. The molecular weight excluding hydrogens is 198 g/mol. The lowest BCUT2D eigenvalue weighted by atomic mass is 9.88. The Balaban J connectivity index is 2.96. The van der Waals surface area contributed by atoms with E-state index in [0.717, 1.165) is 12.0 Å². The largest absolute Gasteiger partial charge is 0.391 e. The zero-order chi connectivity index (χ0) is 12.3. The molecule has 0 aromatic heterocycles. The minimum atomic E-state index is -0.467. The number of benzene rings is 1. The highest BCUT2D eigenvalue weighted by Crippen LogP contribution is 2.25. The van der Waals surface area contributed by atoms with Crippen LogP contribution in [0.15, 0.2) is 18.2 Å². The van der Waals surface area contributed by atoms with Gasteiger partial charge in [0.15, 0.2) is 0 Å². The summed E-state index contributed by atoms with van der Waals surface area (Å²) in [6.07, 6.45) is 0.477. The molecule has 3 atom stereocenters. The Labute approximate surface area is 98.5 Å². The van der Waals surface area contributed by atoms with Gasteiger partial charge in [0.1, 0.15) is 0 Å². The smallest absolute Gasteiger partial charge is 0.0758 e. The first-order valence-corrected chi connectivity index (χ1v) is 5.98. The number of aliphatic hydroxyl groups is 1. The Kier molecular flexibility index (Phi) is 4.51. The lowest BCUT2D eigenvalue weighted by Gasteiger charge is -2.26. The first-order valence-electron chi connectivity index (χ1n) is 5.98. The molecule has 3 N–H and O–H groups in total. The molecule has 0 aliphatic carbocycles. The molecule has 0 aliphatic rings. The van der Waals surface area contributed by atoms with E-state index in [9.17, 15) is 5.11 Å². The third-order valence-electron chi connectivity index (χ3n) is 3.60. The van der Waals surface area contributed by atoms with Gasteiger partial charge in [-0.25, -0.2) is 0 Å². The normalized spacial score (nSPS) is 16.9. The highest BCUT2D eigenvalue weighted by Gasteiger charge is 2.23. The third-order valence-corrected chi connectivity index (χ3v) is 3.60. The number of rotatable bonds is 4. The third kappa shape index (κ3) is 2.63. The molecule has 1 aromatic rings. The summed E-state index contributed by atoms with van der Waals surface area (Å²) >= 11 is 0. The van der Waals surface area contributed by atoms with E-state index < -0.39 is 6.10 Å². The monoisotopic (exact) mass is 221 g/mol. The van der Waals surface area contributed by atoms with Crippen LogP contribution in [0.4, 0.5) is 0 Å². The van der Waals surface area contributed by atoms with Crippen molar-refractivity contribution >= 4 is 0 Å². The van der Waals surface area contributed by atoms with Crippen molar-refractivity contribution in [1.82, 2.24) is 0 Å². The van der Waals surface area contributed by atoms with Gasteiger partial charge in [-0.1, -0.05) is 38.5 Å². The highest BCUT2D eigenvalue weighted by molar-refractivity contribution is 5.35. The van der Waals surface area contributed by atoms with Crippen LogP contribution in [0.25, 0.3) is 0 Å². The van der Waals surface area contributed by atoms with Gasteiger partial charge in [-0.2, -0.15) is 0 Å². The average Bonchev–Trinajstić information content (AvgIpc) is 2.29. The highest BCUT2D eigenvalue weighted by atomic mass is 16.3. The van der Waals surface area contributed by atoms with Crippen LogP contribution in [0.2, 0.25) is 0 Å². The Morgan fingerprint density at radius 3 is 2.50 bits per heavy atom. The van der Waals surface area contributed by atoms with Crippen LogP contribution in [0.3, 0.4) is 0 Å². The molecule has 2 heteroatoms. The van der Waals surface area contributed by atoms with E-state index in [-0.39, 0.29) is 12.0 Å². The molecule has 2 nitrogen and oxygen atoms in total. The molecule has 0 amide bonds. The van der Waals surface area contributed by atoms with Crippen molar-refractivity contribution in [3.8, 4) is 0 Å². The van der Waals surface area contributed by atoms with Crippen molar-refractivity contribution in [2.75, 3.05) is 0 Å². The summed E-state index contributed by atoms with van der Waals surface area (Å²) in [6, 6.07) is 5.80. The lowest BCUT2D eigenvalue weighted by Crippen LogP contribution is -2.32. The number of aliphatic hydroxyl groups excluding tert-OH is 1. The number of aryl methyl sites for hydroxylation is 1. The Hall–Kier alpha value is -0.860. The van der Waals surface area contributed by atoms with E-state index >= 15 is 0 Å². The summed E-state index contributed by atoms with van der Waals surface area (Å²) in [4.78, 5) is 0. The second-order valence-electron chi connectivity index (χ2n) is 4.69. The summed E-state index contributed by atoms with van der Waals surface area (Å²) in [5.74, 6) is 0.231. The molecule has 90 valence electrons. The molecule has 0 saturated heterocycles. The van der Waals surface area contributed by atoms with Gasteiger partial charge in [0.25, 0.3) is 0 Å². The molecule has 1 rings (SSSR count). The predicted molar refractivity (Wildman–Crippen MR) is 68.3 cm³/mol. The topological polar surface area (TPSA) is 46.2 Å². The van der Waals surface area contributed by atoms with Crippen LogP contribution in [-0.4, -0.2) is 11.2 Å². The van der Waals surface area contributed by atoms with Crippen molar-refractivity contribution in [2.24, 2.45) is 11.7 Å². The molecule has 16 heavy (non-hydrogen) atoms. The van der Waals surface area contributed by atoms with Crippen LogP contribution < -0.4 is 5.73 Å². The van der Waals surface area contributed by atoms with Crippen molar-refractivity contribution in [3.63, 3.8) is 0 Å². The zero-order valence-corrected chi connectivity index (χ0v) is 10.7. The van der Waals surface area contributed by atoms with E-state index in [1.54, 1.807) is 0 Å². The summed E-state index contributed by atoms with van der Waals surface area (Å²) < 4.78 is 0. The van der Waals surface area contributed by atoms with Crippen LogP contribution in [0, 0.1) is 19.8 Å². The molecule has 0 fully saturated rings. The van der Waals surface area contributed by atoms with Gasteiger partial charge in [-0.15, -0.1) is 0 Å². The van der Waals surface area contributed by atoms with Crippen LogP contribution >= 0.6 is 0 Å². The molecule has 0 bridgehead atoms. The number of hydrogen-bond donors (Lipinski definition) is 2. The quantitative estimate of drug-likeness (QED) is 0.821. The maximum absolute atomic E-state index is 10.1. The van der Waals surface area contributed by atoms with Crippen LogP contribution in [-0.2, 0) is 0 Å². The average molecular weight is 221 g/mol. The van der Waals surface area contributed by atoms with Gasteiger partial charge >= 0.3 is 0 Å². The molecule has 0 aliphatic heterocycles. The van der Waals surface area contributed by atoms with Crippen molar-refractivity contribution in [1.29, 1.82) is 0 Å². The van der Waals surface area contributed by atoms with Gasteiger partial charge in [0.2, 0.25) is 0 Å². The van der Waals surface area contributed by atoms with Crippen molar-refractivity contribution in [2.45, 2.75) is 46.3 Å². The molecule has 1 unspecified atom stereocenters. The SMILES string of the molecule is CCC(C)[C@@H](O)[C@@H](N)c1cccc(C)c1C. The minimum absolute atomic E-state index is 0.231. The molecule has 1 aromatic carbocycles. The molecular formula is C14H23NO. The van der Waals surface area contributed by atoms with Gasteiger partial charge in [0.05, 0.1) is 12.1 Å². The first-order chi connectivity index (χ1) is 7.49. The standard InChI is InChI=1S/C14H23NO/c1-5-9(2)14(16)13(15)12-8-6-7-10(3)11(12)4/h6-9,13-14,16H,5,15H2,1-4H3/t9?,13-,14+/m0/s1. The number of hydrogen-bond acceptors (Lipinski definition) is 2. The summed E-state index contributed by atoms with van der Waals surface area (Å²) in [5.41, 5.74) is 9.62. The maximum Gasteiger partial charge on any atom is 0.0758 e. The lowest BCUT2D eigenvalue weighted by molar-refractivity contribution is 0.0877.